The molecule has 0 bridgehead atoms. The summed E-state index contributed by atoms with van der Waals surface area (Å²) in [4.78, 5) is 12.2. The molecule has 0 heterocycles. The minimum absolute atomic E-state index is 0.299. The number of aryl methyl sites for hydroxylation is 1. The third-order valence-corrected chi connectivity index (χ3v) is 4.91. The van der Waals surface area contributed by atoms with Crippen LogP contribution in [0.1, 0.15) is 22.7 Å². The zero-order valence-corrected chi connectivity index (χ0v) is 14.5. The van der Waals surface area contributed by atoms with Crippen LogP contribution in [-0.2, 0) is 12.8 Å². The molecule has 0 fully saturated rings. The second-order valence-corrected chi connectivity index (χ2v) is 6.97. The molecule has 1 aliphatic rings. The molecule has 126 valence electrons. The number of benzene rings is 2. The predicted octanol–water partition coefficient (Wildman–Crippen LogP) is 3.37. The highest BCUT2D eigenvalue weighted by molar-refractivity contribution is 7.98. The van der Waals surface area contributed by atoms with Crippen LogP contribution >= 0.6 is 11.8 Å². The fourth-order valence-corrected chi connectivity index (χ4v) is 3.47. The molecule has 0 aliphatic heterocycles. The topological polar surface area (TPSA) is 61.4 Å². The maximum atomic E-state index is 12.2. The van der Waals surface area contributed by atoms with E-state index in [1.807, 2.05) is 60.3 Å². The van der Waals surface area contributed by atoms with Crippen LogP contribution in [0.3, 0.4) is 0 Å². The van der Waals surface area contributed by atoms with E-state index < -0.39 is 6.10 Å². The summed E-state index contributed by atoms with van der Waals surface area (Å²) in [6.45, 7) is 0. The Balaban J connectivity index is 1.60. The number of nitrogens with one attached hydrogen (secondary N) is 2. The van der Waals surface area contributed by atoms with Crippen LogP contribution in [0.4, 0.5) is 10.5 Å². The van der Waals surface area contributed by atoms with E-state index in [0.717, 1.165) is 29.0 Å². The van der Waals surface area contributed by atoms with Crippen LogP contribution in [0.15, 0.2) is 48.5 Å². The Morgan fingerprint density at radius 1 is 1.21 bits per heavy atom. The molecule has 0 radical (unpaired) electrons. The van der Waals surface area contributed by atoms with Gasteiger partial charge in [0.1, 0.15) is 0 Å². The zero-order valence-electron chi connectivity index (χ0n) is 13.7. The zero-order chi connectivity index (χ0) is 16.9. The van der Waals surface area contributed by atoms with Crippen molar-refractivity contribution in [1.29, 1.82) is 0 Å². The lowest BCUT2D eigenvalue weighted by molar-refractivity contribution is 0.144. The van der Waals surface area contributed by atoms with Gasteiger partial charge in [0.2, 0.25) is 0 Å². The summed E-state index contributed by atoms with van der Waals surface area (Å²) in [5, 5.41) is 15.9. The first-order valence-corrected chi connectivity index (χ1v) is 9.48. The summed E-state index contributed by atoms with van der Waals surface area (Å²) in [6, 6.07) is 15.1. The number of hydrogen-bond acceptors (Lipinski definition) is 3. The van der Waals surface area contributed by atoms with Gasteiger partial charge < -0.3 is 15.7 Å². The van der Waals surface area contributed by atoms with E-state index in [2.05, 4.69) is 16.9 Å². The Morgan fingerprint density at radius 3 is 2.71 bits per heavy atom. The number of anilines is 1. The highest BCUT2D eigenvalue weighted by atomic mass is 32.2. The van der Waals surface area contributed by atoms with Gasteiger partial charge in [-0.05, 0) is 47.3 Å². The van der Waals surface area contributed by atoms with Gasteiger partial charge in [0.15, 0.2) is 0 Å². The first-order valence-electron chi connectivity index (χ1n) is 8.08. The second-order valence-electron chi connectivity index (χ2n) is 5.99. The quantitative estimate of drug-likeness (QED) is 0.781. The first-order chi connectivity index (χ1) is 11.7. The van der Waals surface area contributed by atoms with Gasteiger partial charge in [-0.3, -0.25) is 0 Å². The average Bonchev–Trinajstić information content (AvgIpc) is 2.90. The highest BCUT2D eigenvalue weighted by Gasteiger charge is 2.31. The van der Waals surface area contributed by atoms with Crippen LogP contribution in [-0.4, -0.2) is 29.3 Å². The molecule has 3 rings (SSSR count). The van der Waals surface area contributed by atoms with Crippen molar-refractivity contribution in [3.63, 3.8) is 0 Å². The molecule has 0 unspecified atom stereocenters. The third-order valence-electron chi connectivity index (χ3n) is 4.30. The van der Waals surface area contributed by atoms with Crippen molar-refractivity contribution in [3.05, 3.63) is 65.2 Å². The fraction of sp³-hybridized carbons (Fsp3) is 0.316. The lowest BCUT2D eigenvalue weighted by atomic mass is 10.1. The van der Waals surface area contributed by atoms with Crippen molar-refractivity contribution in [3.8, 4) is 0 Å². The molecular formula is C19H22N2O2S. The van der Waals surface area contributed by atoms with E-state index in [4.69, 9.17) is 0 Å². The number of urea groups is 1. The molecule has 24 heavy (non-hydrogen) atoms. The molecule has 5 heteroatoms. The van der Waals surface area contributed by atoms with Crippen LogP contribution in [0, 0.1) is 0 Å². The van der Waals surface area contributed by atoms with Crippen LogP contribution < -0.4 is 10.6 Å². The van der Waals surface area contributed by atoms with E-state index in [1.54, 1.807) is 0 Å². The Labute approximate surface area is 146 Å². The van der Waals surface area contributed by atoms with Gasteiger partial charge in [-0.2, -0.15) is 11.8 Å². The number of aliphatic hydroxyl groups is 1. The summed E-state index contributed by atoms with van der Waals surface area (Å²) < 4.78 is 0. The van der Waals surface area contributed by atoms with E-state index in [1.165, 1.54) is 5.56 Å². The molecule has 0 aromatic heterocycles. The number of amides is 2. The SMILES string of the molecule is CSCCc1ccc(NC(=O)N[C@H]2c3ccccc3C[C@H]2O)cc1. The molecule has 0 saturated heterocycles. The van der Waals surface area contributed by atoms with Gasteiger partial charge >= 0.3 is 6.03 Å². The molecule has 0 saturated carbocycles. The molecule has 2 aromatic carbocycles. The average molecular weight is 342 g/mol. The van der Waals surface area contributed by atoms with Crippen LogP contribution in [0.25, 0.3) is 0 Å². The Kier molecular flexibility index (Phi) is 5.43. The van der Waals surface area contributed by atoms with Crippen LogP contribution in [0.5, 0.6) is 0 Å². The number of fused-ring (bicyclic) bond motifs is 1. The number of carbonyl (C=O) groups excluding carboxylic acids is 1. The Morgan fingerprint density at radius 2 is 1.96 bits per heavy atom. The lowest BCUT2D eigenvalue weighted by Gasteiger charge is -2.18. The minimum atomic E-state index is -0.581. The molecule has 1 aliphatic carbocycles. The summed E-state index contributed by atoms with van der Waals surface area (Å²) >= 11 is 1.82. The highest BCUT2D eigenvalue weighted by Crippen LogP contribution is 2.31. The second kappa shape index (κ2) is 7.73. The minimum Gasteiger partial charge on any atom is -0.390 e. The molecule has 2 aromatic rings. The van der Waals surface area contributed by atoms with E-state index in [0.29, 0.717) is 6.42 Å². The smallest absolute Gasteiger partial charge is 0.319 e. The first kappa shape index (κ1) is 16.9. The number of thioether (sulfide) groups is 1. The Hall–Kier alpha value is -1.98. The molecule has 4 nitrogen and oxygen atoms in total. The predicted molar refractivity (Wildman–Crippen MR) is 99.6 cm³/mol. The third kappa shape index (κ3) is 3.91. The normalized spacial score (nSPS) is 18.9. The van der Waals surface area contributed by atoms with Gasteiger partial charge in [0.05, 0.1) is 12.1 Å². The van der Waals surface area contributed by atoms with Gasteiger partial charge in [-0.1, -0.05) is 36.4 Å². The summed E-state index contributed by atoms with van der Waals surface area (Å²) in [6.07, 6.45) is 3.11. The Bertz CT molecular complexity index is 703. The molecule has 2 amide bonds. The molecular weight excluding hydrogens is 320 g/mol. The summed E-state index contributed by atoms with van der Waals surface area (Å²) in [7, 11) is 0. The standard InChI is InChI=1S/C19H22N2O2S/c1-24-11-10-13-6-8-15(9-7-13)20-19(23)21-18-16-5-3-2-4-14(16)12-17(18)22/h2-9,17-18,22H,10-12H2,1H3,(H2,20,21,23)/t17-,18+/m1/s1. The maximum absolute atomic E-state index is 12.2. The van der Waals surface area contributed by atoms with E-state index in [9.17, 15) is 9.90 Å². The van der Waals surface area contributed by atoms with Gasteiger partial charge in [0, 0.05) is 12.1 Å². The van der Waals surface area contributed by atoms with Crippen molar-refractivity contribution < 1.29 is 9.90 Å². The molecule has 3 N–H and O–H groups in total. The summed E-state index contributed by atoms with van der Waals surface area (Å²) in [5.74, 6) is 1.09. The summed E-state index contributed by atoms with van der Waals surface area (Å²) in [5.41, 5.74) is 4.10. The van der Waals surface area contributed by atoms with E-state index in [-0.39, 0.29) is 12.1 Å². The van der Waals surface area contributed by atoms with Crippen molar-refractivity contribution in [1.82, 2.24) is 5.32 Å². The monoisotopic (exact) mass is 342 g/mol. The number of hydrogen-bond donors (Lipinski definition) is 3. The van der Waals surface area contributed by atoms with Crippen molar-refractivity contribution in [2.24, 2.45) is 0 Å². The molecule has 0 spiro atoms. The lowest BCUT2D eigenvalue weighted by Crippen LogP contribution is -2.36. The largest absolute Gasteiger partial charge is 0.390 e. The molecule has 2 atom stereocenters. The van der Waals surface area contributed by atoms with E-state index >= 15 is 0 Å². The number of aliphatic hydroxyl groups excluding tert-OH is 1. The van der Waals surface area contributed by atoms with Gasteiger partial charge in [-0.25, -0.2) is 4.79 Å². The van der Waals surface area contributed by atoms with Crippen molar-refractivity contribution in [2.75, 3.05) is 17.3 Å². The van der Waals surface area contributed by atoms with Crippen molar-refractivity contribution in [2.45, 2.75) is 25.0 Å². The van der Waals surface area contributed by atoms with Gasteiger partial charge in [-0.15, -0.1) is 0 Å². The maximum Gasteiger partial charge on any atom is 0.319 e. The number of carbonyl (C=O) groups is 1. The van der Waals surface area contributed by atoms with Gasteiger partial charge in [0.25, 0.3) is 0 Å². The number of rotatable bonds is 5. The van der Waals surface area contributed by atoms with Crippen LogP contribution in [0.2, 0.25) is 0 Å². The van der Waals surface area contributed by atoms with Crippen molar-refractivity contribution >= 4 is 23.5 Å². The fourth-order valence-electron chi connectivity index (χ4n) is 3.03.